The summed E-state index contributed by atoms with van der Waals surface area (Å²) in [5.41, 5.74) is 0. The average Bonchev–Trinajstić information content (AvgIpc) is 2.23. The van der Waals surface area contributed by atoms with Gasteiger partial charge in [-0.2, -0.15) is 0 Å². The fourth-order valence-corrected chi connectivity index (χ4v) is 0.530. The van der Waals surface area contributed by atoms with E-state index in [1.54, 1.807) is 20.8 Å². The predicted molar refractivity (Wildman–Crippen MR) is 65.6 cm³/mol. The second-order valence-electron chi connectivity index (χ2n) is 1.55. The molecule has 10 heteroatoms. The van der Waals surface area contributed by atoms with E-state index in [1.807, 2.05) is 0 Å². The van der Waals surface area contributed by atoms with Crippen molar-refractivity contribution in [2.75, 3.05) is 19.8 Å². The maximum Gasteiger partial charge on any atom is 3.00 e. The van der Waals surface area contributed by atoms with Crippen molar-refractivity contribution in [2.24, 2.45) is 0 Å². The van der Waals surface area contributed by atoms with Gasteiger partial charge in [0.2, 0.25) is 0 Å². The van der Waals surface area contributed by atoms with Gasteiger partial charge < -0.3 is 28.3 Å². The number of hydrogen-bond donors (Lipinski definition) is 0. The van der Waals surface area contributed by atoms with Crippen molar-refractivity contribution in [3.8, 4) is 0 Å². The van der Waals surface area contributed by atoms with Crippen LogP contribution in [0.2, 0.25) is 0 Å². The molecule has 3 unspecified atom stereocenters. The Labute approximate surface area is 113 Å². The molecule has 96 valence electrons. The van der Waals surface area contributed by atoms with E-state index in [0.29, 0.717) is 19.8 Å². The molecule has 0 rings (SSSR count). The minimum Gasteiger partial charge on any atom is -0.810 e. The number of hydrogen-bond acceptors (Lipinski definition) is 6. The van der Waals surface area contributed by atoms with Crippen LogP contribution in [0.25, 0.3) is 0 Å². The second kappa shape index (κ2) is 36.0. The van der Waals surface area contributed by atoms with Crippen LogP contribution in [0.3, 0.4) is 0 Å². The molecule has 0 radical (unpaired) electrons. The van der Waals surface area contributed by atoms with Gasteiger partial charge in [0.25, 0.3) is 0 Å². The molecule has 0 aromatic carbocycles. The maximum absolute atomic E-state index is 9.34. The van der Waals surface area contributed by atoms with Crippen molar-refractivity contribution in [2.45, 2.75) is 20.8 Å². The average molecular weight is 306 g/mol. The minimum atomic E-state index is -0.592. The first-order valence-corrected chi connectivity index (χ1v) is 6.66. The second-order valence-corrected chi connectivity index (χ2v) is 2.92. The Morgan fingerprint density at radius 3 is 0.875 bits per heavy atom. The molecule has 3 atom stereocenters. The van der Waals surface area contributed by atoms with E-state index in [9.17, 15) is 14.7 Å². The summed E-state index contributed by atoms with van der Waals surface area (Å²) in [5, 5.41) is 0. The maximum atomic E-state index is 9.34. The molecular formula is C6H18AlO6P3. The predicted octanol–water partition coefficient (Wildman–Crippen LogP) is -0.706. The van der Waals surface area contributed by atoms with Gasteiger partial charge in [0, 0.05) is 19.8 Å². The van der Waals surface area contributed by atoms with Crippen LogP contribution in [0.15, 0.2) is 0 Å². The van der Waals surface area contributed by atoms with Crippen molar-refractivity contribution >= 4 is 44.5 Å². The molecular weight excluding hydrogens is 288 g/mol. The van der Waals surface area contributed by atoms with Gasteiger partial charge in [-0.3, -0.25) is 0 Å². The third kappa shape index (κ3) is 57.6. The molecule has 0 aromatic heterocycles. The van der Waals surface area contributed by atoms with Crippen LogP contribution in [0, 0.1) is 0 Å². The first-order valence-electron chi connectivity index (χ1n) is 4.21. The van der Waals surface area contributed by atoms with E-state index >= 15 is 0 Å². The molecule has 6 nitrogen and oxygen atoms in total. The zero-order valence-corrected chi connectivity index (χ0v) is 13.8. The SMILES string of the molecule is CCOP[O-].CCOP[O-].CCOP[O-].[Al+3]. The van der Waals surface area contributed by atoms with Crippen molar-refractivity contribution in [3.05, 3.63) is 0 Å². The summed E-state index contributed by atoms with van der Waals surface area (Å²) in [5.74, 6) is 0. The van der Waals surface area contributed by atoms with Crippen LogP contribution in [0.4, 0.5) is 0 Å². The summed E-state index contributed by atoms with van der Waals surface area (Å²) in [7, 11) is -1.78. The van der Waals surface area contributed by atoms with Gasteiger partial charge in [-0.1, -0.05) is 27.1 Å². The Kier molecular flexibility index (Phi) is 58.9. The zero-order chi connectivity index (χ0) is 12.4. The minimum absolute atomic E-state index is 0. The van der Waals surface area contributed by atoms with Crippen molar-refractivity contribution in [3.63, 3.8) is 0 Å². The van der Waals surface area contributed by atoms with E-state index in [-0.39, 0.29) is 17.4 Å². The van der Waals surface area contributed by atoms with Crippen molar-refractivity contribution in [1.29, 1.82) is 0 Å². The molecule has 0 saturated heterocycles. The molecule has 16 heavy (non-hydrogen) atoms. The Morgan fingerprint density at radius 2 is 0.875 bits per heavy atom. The van der Waals surface area contributed by atoms with E-state index in [2.05, 4.69) is 13.6 Å². The first kappa shape index (κ1) is 26.2. The van der Waals surface area contributed by atoms with Gasteiger partial charge in [-0.05, 0) is 20.8 Å². The smallest absolute Gasteiger partial charge is 0.810 e. The molecule has 0 bridgehead atoms. The monoisotopic (exact) mass is 306 g/mol. The summed E-state index contributed by atoms with van der Waals surface area (Å²) in [6.07, 6.45) is 0. The molecule has 0 N–H and O–H groups in total. The van der Waals surface area contributed by atoms with Crippen LogP contribution < -0.4 is 14.7 Å². The Balaban J connectivity index is -0.0000000655. The Hall–Kier alpha value is 1.58. The van der Waals surface area contributed by atoms with Gasteiger partial charge in [-0.15, -0.1) is 0 Å². The molecule has 0 aromatic rings. The fourth-order valence-electron chi connectivity index (χ4n) is 0.177. The molecule has 0 aliphatic rings. The van der Waals surface area contributed by atoms with Crippen LogP contribution in [0.1, 0.15) is 20.8 Å². The summed E-state index contributed by atoms with van der Waals surface area (Å²) in [6.45, 7) is 7.02. The van der Waals surface area contributed by atoms with Crippen LogP contribution in [0.5, 0.6) is 0 Å². The van der Waals surface area contributed by atoms with Crippen LogP contribution >= 0.6 is 27.1 Å². The molecule has 0 heterocycles. The largest absolute Gasteiger partial charge is 3.00 e. The van der Waals surface area contributed by atoms with E-state index in [1.165, 1.54) is 0 Å². The van der Waals surface area contributed by atoms with E-state index in [4.69, 9.17) is 0 Å². The van der Waals surface area contributed by atoms with Gasteiger partial charge in [-0.25, -0.2) is 0 Å². The van der Waals surface area contributed by atoms with Crippen molar-refractivity contribution < 1.29 is 28.3 Å². The molecule has 0 aliphatic heterocycles. The quantitative estimate of drug-likeness (QED) is 0.475. The fraction of sp³-hybridized carbons (Fsp3) is 1.00. The molecule has 0 saturated carbocycles. The van der Waals surface area contributed by atoms with Gasteiger partial charge >= 0.3 is 17.4 Å². The van der Waals surface area contributed by atoms with Gasteiger partial charge in [0.1, 0.15) is 0 Å². The van der Waals surface area contributed by atoms with Crippen LogP contribution in [-0.2, 0) is 13.6 Å². The Bertz CT molecular complexity index is 65.0. The van der Waals surface area contributed by atoms with E-state index < -0.39 is 27.1 Å². The van der Waals surface area contributed by atoms with Crippen LogP contribution in [-0.4, -0.2) is 37.2 Å². The van der Waals surface area contributed by atoms with Gasteiger partial charge in [0.05, 0.1) is 0 Å². The molecule has 0 aliphatic carbocycles. The Morgan fingerprint density at radius 1 is 0.688 bits per heavy atom. The molecule has 0 spiro atoms. The summed E-state index contributed by atoms with van der Waals surface area (Å²) < 4.78 is 12.9. The topological polar surface area (TPSA) is 96.9 Å². The molecule has 0 amide bonds. The standard InChI is InChI=1S/3C2H6O2P.Al/c3*1-2-4-5-3;/h3*5H,2H2,1H3;/q3*-1;+3. The normalized spacial score (nSPS) is 10.1. The van der Waals surface area contributed by atoms with E-state index in [0.717, 1.165) is 0 Å². The first-order chi connectivity index (χ1) is 7.24. The van der Waals surface area contributed by atoms with Gasteiger partial charge in [0.15, 0.2) is 0 Å². The van der Waals surface area contributed by atoms with Crippen molar-refractivity contribution in [1.82, 2.24) is 0 Å². The third-order valence-electron chi connectivity index (χ3n) is 0.610. The summed E-state index contributed by atoms with van der Waals surface area (Å²) in [4.78, 5) is 28.0. The molecule has 0 fully saturated rings. The zero-order valence-electron chi connectivity index (χ0n) is 9.65. The summed E-state index contributed by atoms with van der Waals surface area (Å²) >= 11 is 0. The third-order valence-corrected chi connectivity index (χ3v) is 1.83. The number of rotatable bonds is 6. The summed E-state index contributed by atoms with van der Waals surface area (Å²) in [6, 6.07) is 0.